The summed E-state index contributed by atoms with van der Waals surface area (Å²) in [4.78, 5) is 23.8. The van der Waals surface area contributed by atoms with Gasteiger partial charge in [-0.1, -0.05) is 19.1 Å². The molecule has 1 saturated heterocycles. The lowest BCUT2D eigenvalue weighted by atomic mass is 9.95. The second kappa shape index (κ2) is 10.3. The molecule has 1 fully saturated rings. The van der Waals surface area contributed by atoms with E-state index in [-0.39, 0.29) is 5.91 Å². The zero-order valence-corrected chi connectivity index (χ0v) is 20.5. The van der Waals surface area contributed by atoms with Crippen LogP contribution in [0, 0.1) is 5.41 Å². The second-order valence-corrected chi connectivity index (χ2v) is 9.18. The highest BCUT2D eigenvalue weighted by atomic mass is 16.5. The summed E-state index contributed by atoms with van der Waals surface area (Å²) in [6.45, 7) is 8.02. The normalized spacial score (nSPS) is 14.0. The van der Waals surface area contributed by atoms with Gasteiger partial charge in [0.05, 0.1) is 18.9 Å². The number of hydrogen-bond donors (Lipinski definition) is 3. The average Bonchev–Trinajstić information content (AvgIpc) is 2.88. The van der Waals surface area contributed by atoms with Crippen LogP contribution in [-0.4, -0.2) is 52.8 Å². The van der Waals surface area contributed by atoms with Crippen molar-refractivity contribution in [3.8, 4) is 11.3 Å². The van der Waals surface area contributed by atoms with Crippen molar-refractivity contribution in [3.63, 3.8) is 0 Å². The van der Waals surface area contributed by atoms with Gasteiger partial charge in [0.1, 0.15) is 11.5 Å². The standard InChI is InChI=1S/C27H32N6O2/c1-4-22(28)21-9-10-23(26(34)33-13-15-35-16-14-33)32-25(21)31-20-7-5-18(6-8-20)24-17-19(11-12-30-24)27(2,3)29/h5-12,17,28H,4,13-16,29H2,1-3H3,(H,31,32). The van der Waals surface area contributed by atoms with E-state index in [1.807, 2.05) is 57.2 Å². The van der Waals surface area contributed by atoms with E-state index in [1.165, 1.54) is 0 Å². The Morgan fingerprint density at radius 2 is 1.86 bits per heavy atom. The van der Waals surface area contributed by atoms with Crippen molar-refractivity contribution in [2.24, 2.45) is 5.73 Å². The fourth-order valence-electron chi connectivity index (χ4n) is 3.89. The van der Waals surface area contributed by atoms with E-state index in [9.17, 15) is 4.79 Å². The fraction of sp³-hybridized carbons (Fsp3) is 0.333. The molecule has 1 aromatic carbocycles. The molecule has 1 aliphatic rings. The van der Waals surface area contributed by atoms with Crippen LogP contribution >= 0.6 is 0 Å². The molecule has 1 amide bonds. The van der Waals surface area contributed by atoms with Crippen LogP contribution in [0.2, 0.25) is 0 Å². The van der Waals surface area contributed by atoms with Crippen LogP contribution < -0.4 is 11.1 Å². The van der Waals surface area contributed by atoms with Crippen LogP contribution in [0.5, 0.6) is 0 Å². The van der Waals surface area contributed by atoms with Gasteiger partial charge in [0.25, 0.3) is 5.91 Å². The molecule has 8 nitrogen and oxygen atoms in total. The lowest BCUT2D eigenvalue weighted by Gasteiger charge is -2.26. The molecule has 0 unspecified atom stereocenters. The number of morpholine rings is 1. The van der Waals surface area contributed by atoms with E-state index in [0.29, 0.717) is 55.5 Å². The van der Waals surface area contributed by atoms with Gasteiger partial charge < -0.3 is 26.1 Å². The van der Waals surface area contributed by atoms with Crippen molar-refractivity contribution >= 4 is 23.1 Å². The first-order valence-corrected chi connectivity index (χ1v) is 11.8. The van der Waals surface area contributed by atoms with E-state index in [2.05, 4.69) is 15.3 Å². The summed E-state index contributed by atoms with van der Waals surface area (Å²) in [5.41, 5.74) is 10.9. The highest BCUT2D eigenvalue weighted by molar-refractivity contribution is 6.03. The summed E-state index contributed by atoms with van der Waals surface area (Å²) in [6, 6.07) is 15.3. The summed E-state index contributed by atoms with van der Waals surface area (Å²) in [5.74, 6) is 0.365. The Kier molecular flexibility index (Phi) is 7.23. The number of anilines is 2. The van der Waals surface area contributed by atoms with Crippen molar-refractivity contribution in [1.82, 2.24) is 14.9 Å². The van der Waals surface area contributed by atoms with Crippen molar-refractivity contribution in [2.75, 3.05) is 31.6 Å². The van der Waals surface area contributed by atoms with Gasteiger partial charge in [-0.05, 0) is 62.2 Å². The maximum Gasteiger partial charge on any atom is 0.272 e. The molecule has 35 heavy (non-hydrogen) atoms. The zero-order valence-electron chi connectivity index (χ0n) is 20.5. The van der Waals surface area contributed by atoms with Crippen LogP contribution in [0.1, 0.15) is 48.8 Å². The Labute approximate surface area is 206 Å². The number of ether oxygens (including phenoxy) is 1. The van der Waals surface area contributed by atoms with Gasteiger partial charge in [-0.2, -0.15) is 0 Å². The van der Waals surface area contributed by atoms with Gasteiger partial charge in [-0.25, -0.2) is 4.98 Å². The molecule has 0 bridgehead atoms. The highest BCUT2D eigenvalue weighted by Crippen LogP contribution is 2.26. The number of hydrogen-bond acceptors (Lipinski definition) is 7. The monoisotopic (exact) mass is 472 g/mol. The Balaban J connectivity index is 1.60. The molecule has 4 N–H and O–H groups in total. The Morgan fingerprint density at radius 1 is 1.14 bits per heavy atom. The molecule has 3 aromatic rings. The van der Waals surface area contributed by atoms with E-state index in [1.54, 1.807) is 23.2 Å². The number of carbonyl (C=O) groups is 1. The SMILES string of the molecule is CCC(=N)c1ccc(C(=O)N2CCOCC2)nc1Nc1ccc(-c2cc(C(C)(C)N)ccn2)cc1. The molecule has 8 heteroatoms. The smallest absolute Gasteiger partial charge is 0.272 e. The summed E-state index contributed by atoms with van der Waals surface area (Å²) in [7, 11) is 0. The van der Waals surface area contributed by atoms with Crippen molar-refractivity contribution < 1.29 is 9.53 Å². The molecule has 0 radical (unpaired) electrons. The third kappa shape index (κ3) is 5.72. The number of pyridine rings is 2. The third-order valence-electron chi connectivity index (χ3n) is 6.04. The largest absolute Gasteiger partial charge is 0.378 e. The van der Waals surface area contributed by atoms with Crippen molar-refractivity contribution in [2.45, 2.75) is 32.7 Å². The summed E-state index contributed by atoms with van der Waals surface area (Å²) in [6.07, 6.45) is 2.33. The Bertz CT molecular complexity index is 1210. The molecule has 0 atom stereocenters. The van der Waals surface area contributed by atoms with Crippen LogP contribution in [0.15, 0.2) is 54.7 Å². The topological polar surface area (TPSA) is 117 Å². The molecule has 3 heterocycles. The number of carbonyl (C=O) groups excluding carboxylic acids is 1. The van der Waals surface area contributed by atoms with E-state index in [0.717, 1.165) is 22.5 Å². The molecule has 1 aliphatic heterocycles. The van der Waals surface area contributed by atoms with Gasteiger partial charge >= 0.3 is 0 Å². The first-order valence-electron chi connectivity index (χ1n) is 11.8. The minimum absolute atomic E-state index is 0.130. The van der Waals surface area contributed by atoms with Gasteiger partial charge in [-0.15, -0.1) is 0 Å². The number of amides is 1. The number of aromatic nitrogens is 2. The molecule has 0 aliphatic carbocycles. The number of benzene rings is 1. The van der Waals surface area contributed by atoms with Crippen LogP contribution in [0.4, 0.5) is 11.5 Å². The Hall–Kier alpha value is -3.62. The van der Waals surface area contributed by atoms with E-state index < -0.39 is 5.54 Å². The molecule has 0 saturated carbocycles. The Morgan fingerprint density at radius 3 is 2.51 bits per heavy atom. The van der Waals surface area contributed by atoms with Gasteiger partial charge in [0.2, 0.25) is 0 Å². The molecular weight excluding hydrogens is 440 g/mol. The quantitative estimate of drug-likeness (QED) is 0.441. The molecule has 2 aromatic heterocycles. The minimum Gasteiger partial charge on any atom is -0.378 e. The van der Waals surface area contributed by atoms with Gasteiger partial charge in [0, 0.05) is 47.4 Å². The summed E-state index contributed by atoms with van der Waals surface area (Å²) in [5, 5.41) is 11.7. The molecule has 0 spiro atoms. The van der Waals surface area contributed by atoms with E-state index in [4.69, 9.17) is 15.9 Å². The zero-order chi connectivity index (χ0) is 25.0. The maximum atomic E-state index is 13.0. The predicted molar refractivity (Wildman–Crippen MR) is 138 cm³/mol. The molecular formula is C27H32N6O2. The number of nitrogens with two attached hydrogens (primary N) is 1. The summed E-state index contributed by atoms with van der Waals surface area (Å²) < 4.78 is 5.35. The lowest BCUT2D eigenvalue weighted by Crippen LogP contribution is -2.41. The van der Waals surface area contributed by atoms with Crippen LogP contribution in [-0.2, 0) is 10.3 Å². The van der Waals surface area contributed by atoms with E-state index >= 15 is 0 Å². The lowest BCUT2D eigenvalue weighted by molar-refractivity contribution is 0.0299. The predicted octanol–water partition coefficient (Wildman–Crippen LogP) is 4.33. The average molecular weight is 473 g/mol. The van der Waals surface area contributed by atoms with Crippen LogP contribution in [0.25, 0.3) is 11.3 Å². The van der Waals surface area contributed by atoms with Crippen molar-refractivity contribution in [1.29, 1.82) is 5.41 Å². The van der Waals surface area contributed by atoms with Crippen LogP contribution in [0.3, 0.4) is 0 Å². The van der Waals surface area contributed by atoms with Gasteiger partial charge in [-0.3, -0.25) is 9.78 Å². The first-order chi connectivity index (χ1) is 16.8. The highest BCUT2D eigenvalue weighted by Gasteiger charge is 2.21. The third-order valence-corrected chi connectivity index (χ3v) is 6.04. The van der Waals surface area contributed by atoms with Gasteiger partial charge in [0.15, 0.2) is 0 Å². The number of nitrogens with one attached hydrogen (secondary N) is 2. The number of nitrogens with zero attached hydrogens (tertiary/aromatic N) is 3. The molecule has 182 valence electrons. The van der Waals surface area contributed by atoms with Crippen molar-refractivity contribution in [3.05, 3.63) is 71.5 Å². The molecule has 4 rings (SSSR count). The maximum absolute atomic E-state index is 13.0. The fourth-order valence-corrected chi connectivity index (χ4v) is 3.89. The minimum atomic E-state index is -0.450. The number of rotatable bonds is 7. The second-order valence-electron chi connectivity index (χ2n) is 9.18. The first kappa shape index (κ1) is 24.5. The summed E-state index contributed by atoms with van der Waals surface area (Å²) >= 11 is 0.